The van der Waals surface area contributed by atoms with Crippen molar-refractivity contribution in [3.8, 4) is 11.5 Å². The molecule has 0 radical (unpaired) electrons. The summed E-state index contributed by atoms with van der Waals surface area (Å²) in [5, 5.41) is 20.0. The Hall–Kier alpha value is -3.53. The molecule has 0 amide bonds. The molecule has 1 aliphatic rings. The Morgan fingerprint density at radius 1 is 0.944 bits per heavy atom. The van der Waals surface area contributed by atoms with Gasteiger partial charge in [0.05, 0.1) is 15.5 Å². The number of anilines is 1. The zero-order valence-electron chi connectivity index (χ0n) is 19.0. The molecule has 1 saturated heterocycles. The summed E-state index contributed by atoms with van der Waals surface area (Å²) in [6.45, 7) is 2.73. The first-order chi connectivity index (χ1) is 17.0. The van der Waals surface area contributed by atoms with Gasteiger partial charge in [0.25, 0.3) is 5.69 Å². The molecule has 5 rings (SSSR count). The second-order valence-corrected chi connectivity index (χ2v) is 8.58. The lowest BCUT2D eigenvalue weighted by Gasteiger charge is -2.39. The number of rotatable bonds is 6. The van der Waals surface area contributed by atoms with Gasteiger partial charge >= 0.3 is 0 Å². The summed E-state index contributed by atoms with van der Waals surface area (Å²) in [5.74, 6) is 0.398. The normalized spacial score (nSPS) is 14.8. The van der Waals surface area contributed by atoms with E-state index < -0.39 is 4.92 Å². The molecular weight excluding hydrogens is 508 g/mol. The third-order valence-corrected chi connectivity index (χ3v) is 6.40. The van der Waals surface area contributed by atoms with E-state index in [1.807, 2.05) is 18.2 Å². The van der Waals surface area contributed by atoms with Gasteiger partial charge in [-0.2, -0.15) is 0 Å². The third kappa shape index (κ3) is 5.33. The van der Waals surface area contributed by atoms with Crippen LogP contribution in [0.5, 0.6) is 0 Å². The maximum absolute atomic E-state index is 13.7. The van der Waals surface area contributed by atoms with Crippen molar-refractivity contribution in [3.05, 3.63) is 105 Å². The van der Waals surface area contributed by atoms with Gasteiger partial charge in [0.15, 0.2) is 0 Å². The lowest BCUT2D eigenvalue weighted by atomic mass is 10.0. The Morgan fingerprint density at radius 3 is 2.25 bits per heavy atom. The van der Waals surface area contributed by atoms with Crippen LogP contribution in [0.15, 0.2) is 77.2 Å². The van der Waals surface area contributed by atoms with Crippen LogP contribution in [0, 0.1) is 15.9 Å². The Balaban J connectivity index is 0.00000304. The maximum Gasteiger partial charge on any atom is 0.269 e. The second-order valence-electron chi connectivity index (χ2n) is 8.18. The molecule has 3 aromatic carbocycles. The third-order valence-electron chi connectivity index (χ3n) is 6.07. The van der Waals surface area contributed by atoms with Crippen molar-refractivity contribution in [2.24, 2.45) is 0 Å². The molecule has 186 valence electrons. The molecule has 0 N–H and O–H groups in total. The molecule has 2 heterocycles. The monoisotopic (exact) mass is 529 g/mol. The van der Waals surface area contributed by atoms with Crippen LogP contribution in [-0.4, -0.2) is 46.2 Å². The van der Waals surface area contributed by atoms with Crippen molar-refractivity contribution >= 4 is 35.4 Å². The van der Waals surface area contributed by atoms with E-state index in [9.17, 15) is 14.5 Å². The van der Waals surface area contributed by atoms with Crippen LogP contribution in [-0.2, 0) is 0 Å². The van der Waals surface area contributed by atoms with Gasteiger partial charge in [-0.05, 0) is 42.0 Å². The molecule has 0 bridgehead atoms. The molecule has 1 aliphatic heterocycles. The number of hydrogen-bond acceptors (Lipinski definition) is 7. The van der Waals surface area contributed by atoms with Crippen LogP contribution < -0.4 is 4.90 Å². The van der Waals surface area contributed by atoms with Crippen LogP contribution in [0.4, 0.5) is 15.8 Å². The number of nitrogens with zero attached hydrogens (tertiary/aromatic N) is 5. The number of nitro benzene ring substituents is 1. The first-order valence-electron chi connectivity index (χ1n) is 11.1. The smallest absolute Gasteiger partial charge is 0.269 e. The Morgan fingerprint density at radius 2 is 1.61 bits per heavy atom. The highest BCUT2D eigenvalue weighted by atomic mass is 35.5. The van der Waals surface area contributed by atoms with Crippen molar-refractivity contribution in [2.75, 3.05) is 31.1 Å². The zero-order valence-corrected chi connectivity index (χ0v) is 20.5. The zero-order chi connectivity index (χ0) is 24.4. The molecule has 1 aromatic heterocycles. The Kier molecular flexibility index (Phi) is 7.83. The van der Waals surface area contributed by atoms with Crippen LogP contribution >= 0.6 is 24.0 Å². The SMILES string of the molecule is Cl.O=[N+]([O-])c1ccc(N2CCN(C(c3ccc(F)cc3)c3nnc(-c4ccccc4Cl)o3)CC2)cc1. The molecule has 11 heteroatoms. The molecule has 0 aliphatic carbocycles. The van der Waals surface area contributed by atoms with E-state index in [4.69, 9.17) is 16.0 Å². The molecule has 1 atom stereocenters. The Bertz CT molecular complexity index is 1330. The van der Waals surface area contributed by atoms with E-state index in [2.05, 4.69) is 20.0 Å². The van der Waals surface area contributed by atoms with Gasteiger partial charge in [-0.1, -0.05) is 35.9 Å². The van der Waals surface area contributed by atoms with E-state index in [0.717, 1.165) is 11.3 Å². The topological polar surface area (TPSA) is 88.5 Å². The average Bonchev–Trinajstić information content (AvgIpc) is 3.35. The predicted octanol–water partition coefficient (Wildman–Crippen LogP) is 5.77. The predicted molar refractivity (Wildman–Crippen MR) is 137 cm³/mol. The van der Waals surface area contributed by atoms with E-state index in [0.29, 0.717) is 48.5 Å². The molecular formula is C25H22Cl2FN5O3. The lowest BCUT2D eigenvalue weighted by molar-refractivity contribution is -0.384. The van der Waals surface area contributed by atoms with Crippen molar-refractivity contribution in [2.45, 2.75) is 6.04 Å². The molecule has 8 nitrogen and oxygen atoms in total. The molecule has 1 fully saturated rings. The fraction of sp³-hybridized carbons (Fsp3) is 0.200. The van der Waals surface area contributed by atoms with Gasteiger partial charge < -0.3 is 9.32 Å². The molecule has 1 unspecified atom stereocenters. The number of halogens is 3. The van der Waals surface area contributed by atoms with Crippen molar-refractivity contribution in [1.29, 1.82) is 0 Å². The van der Waals surface area contributed by atoms with Crippen molar-refractivity contribution in [3.63, 3.8) is 0 Å². The first kappa shape index (κ1) is 25.6. The number of benzene rings is 3. The van der Waals surface area contributed by atoms with E-state index >= 15 is 0 Å². The standard InChI is InChI=1S/C25H21ClFN5O3.ClH/c26-22-4-2-1-3-21(22)24-28-29-25(35-24)23(17-5-7-18(27)8-6-17)31-15-13-30(14-16-31)19-9-11-20(12-10-19)32(33)34;/h1-12,23H,13-16H2;1H. The maximum atomic E-state index is 13.7. The number of piperazine rings is 1. The quantitative estimate of drug-likeness (QED) is 0.231. The molecule has 0 spiro atoms. The fourth-order valence-electron chi connectivity index (χ4n) is 4.27. The van der Waals surface area contributed by atoms with Gasteiger partial charge in [0.2, 0.25) is 11.8 Å². The summed E-state index contributed by atoms with van der Waals surface area (Å²) in [6, 6.07) is 19.7. The van der Waals surface area contributed by atoms with Crippen LogP contribution in [0.2, 0.25) is 5.02 Å². The second kappa shape index (κ2) is 11.0. The van der Waals surface area contributed by atoms with Gasteiger partial charge in [-0.3, -0.25) is 15.0 Å². The van der Waals surface area contributed by atoms with E-state index in [1.165, 1.54) is 24.3 Å². The summed E-state index contributed by atoms with van der Waals surface area (Å²) in [4.78, 5) is 14.9. The van der Waals surface area contributed by atoms with E-state index in [1.54, 1.807) is 30.3 Å². The summed E-state index contributed by atoms with van der Waals surface area (Å²) >= 11 is 6.31. The summed E-state index contributed by atoms with van der Waals surface area (Å²) in [5.41, 5.74) is 2.47. The number of hydrogen-bond donors (Lipinski definition) is 0. The van der Waals surface area contributed by atoms with Crippen LogP contribution in [0.1, 0.15) is 17.5 Å². The highest BCUT2D eigenvalue weighted by Crippen LogP contribution is 2.33. The fourth-order valence-corrected chi connectivity index (χ4v) is 4.48. The molecule has 36 heavy (non-hydrogen) atoms. The van der Waals surface area contributed by atoms with E-state index in [-0.39, 0.29) is 30.0 Å². The lowest BCUT2D eigenvalue weighted by Crippen LogP contribution is -2.48. The van der Waals surface area contributed by atoms with Gasteiger partial charge in [0.1, 0.15) is 11.9 Å². The minimum Gasteiger partial charge on any atom is -0.419 e. The van der Waals surface area contributed by atoms with Gasteiger partial charge in [0, 0.05) is 44.0 Å². The van der Waals surface area contributed by atoms with Gasteiger partial charge in [-0.25, -0.2) is 4.39 Å². The molecule has 4 aromatic rings. The minimum atomic E-state index is -0.406. The largest absolute Gasteiger partial charge is 0.419 e. The minimum absolute atomic E-state index is 0. The van der Waals surface area contributed by atoms with Gasteiger partial charge in [-0.15, -0.1) is 22.6 Å². The average molecular weight is 530 g/mol. The number of aromatic nitrogens is 2. The summed E-state index contributed by atoms with van der Waals surface area (Å²) < 4.78 is 19.7. The van der Waals surface area contributed by atoms with Crippen LogP contribution in [0.3, 0.4) is 0 Å². The summed E-state index contributed by atoms with van der Waals surface area (Å²) in [7, 11) is 0. The first-order valence-corrected chi connectivity index (χ1v) is 11.4. The highest BCUT2D eigenvalue weighted by molar-refractivity contribution is 6.33. The van der Waals surface area contributed by atoms with Crippen molar-refractivity contribution in [1.82, 2.24) is 15.1 Å². The highest BCUT2D eigenvalue weighted by Gasteiger charge is 2.31. The summed E-state index contributed by atoms with van der Waals surface area (Å²) in [6.07, 6.45) is 0. The Labute approximate surface area is 217 Å². The number of nitro groups is 1. The van der Waals surface area contributed by atoms with Crippen molar-refractivity contribution < 1.29 is 13.7 Å². The van der Waals surface area contributed by atoms with Crippen LogP contribution in [0.25, 0.3) is 11.5 Å². The molecule has 0 saturated carbocycles. The number of non-ortho nitro benzene ring substituents is 1.